The Kier molecular flexibility index (Phi) is 5.19. The summed E-state index contributed by atoms with van der Waals surface area (Å²) in [6, 6.07) is 1.67. The van der Waals surface area contributed by atoms with E-state index < -0.39 is 22.0 Å². The monoisotopic (exact) mass is 370 g/mol. The minimum atomic E-state index is -3.98. The van der Waals surface area contributed by atoms with Crippen molar-refractivity contribution in [2.75, 3.05) is 7.11 Å². The Morgan fingerprint density at radius 3 is 2.58 bits per heavy atom. The lowest BCUT2D eigenvalue weighted by atomic mass is 10.3. The Labute approximate surface area is 124 Å². The summed E-state index contributed by atoms with van der Waals surface area (Å²) < 4.78 is 31.8. The van der Waals surface area contributed by atoms with Crippen LogP contribution in [0, 0.1) is 0 Å². The zero-order valence-electron chi connectivity index (χ0n) is 10.1. The zero-order valence-corrected chi connectivity index (χ0v) is 13.3. The number of methoxy groups -OCH3 is 1. The molecule has 1 aromatic carbocycles. The number of hydrogen-bond donors (Lipinski definition) is 2. The van der Waals surface area contributed by atoms with Gasteiger partial charge in [0.05, 0.1) is 17.6 Å². The third-order valence-corrected chi connectivity index (χ3v) is 4.58. The Hall–Kier alpha value is -0.830. The van der Waals surface area contributed by atoms with Crippen molar-refractivity contribution in [3.8, 4) is 5.75 Å². The Bertz CT molecular complexity index is 606. The second kappa shape index (κ2) is 6.08. The Morgan fingerprint density at radius 1 is 1.53 bits per heavy atom. The molecule has 106 valence electrons. The van der Waals surface area contributed by atoms with E-state index in [1.54, 1.807) is 0 Å². The molecule has 6 nitrogen and oxygen atoms in total. The van der Waals surface area contributed by atoms with E-state index in [9.17, 15) is 13.2 Å². The second-order valence-corrected chi connectivity index (χ2v) is 6.64. The van der Waals surface area contributed by atoms with Crippen molar-refractivity contribution in [3.63, 3.8) is 0 Å². The van der Waals surface area contributed by atoms with E-state index in [0.29, 0.717) is 4.47 Å². The molecule has 1 rings (SSSR count). The van der Waals surface area contributed by atoms with Gasteiger partial charge in [0.15, 0.2) is 5.75 Å². The first-order valence-electron chi connectivity index (χ1n) is 5.03. The lowest BCUT2D eigenvalue weighted by Crippen LogP contribution is -2.42. The summed E-state index contributed by atoms with van der Waals surface area (Å²) in [5, 5.41) is 0.208. The summed E-state index contributed by atoms with van der Waals surface area (Å²) in [5.74, 6) is -0.697. The largest absolute Gasteiger partial charge is 0.494 e. The molecule has 0 saturated carbocycles. The van der Waals surface area contributed by atoms with Gasteiger partial charge in [-0.2, -0.15) is 4.72 Å². The third-order valence-electron chi connectivity index (χ3n) is 2.23. The van der Waals surface area contributed by atoms with E-state index in [1.165, 1.54) is 26.2 Å². The van der Waals surface area contributed by atoms with Gasteiger partial charge >= 0.3 is 0 Å². The van der Waals surface area contributed by atoms with Crippen molar-refractivity contribution in [2.24, 2.45) is 5.73 Å². The number of ether oxygens (including phenoxy) is 1. The van der Waals surface area contributed by atoms with Gasteiger partial charge in [0.25, 0.3) is 0 Å². The van der Waals surface area contributed by atoms with Crippen LogP contribution < -0.4 is 15.2 Å². The van der Waals surface area contributed by atoms with Crippen molar-refractivity contribution in [3.05, 3.63) is 21.6 Å². The van der Waals surface area contributed by atoms with Gasteiger partial charge in [-0.05, 0) is 35.0 Å². The number of rotatable bonds is 5. The summed E-state index contributed by atoms with van der Waals surface area (Å²) in [6.45, 7) is 1.34. The molecule has 1 unspecified atom stereocenters. The fourth-order valence-electron chi connectivity index (χ4n) is 1.29. The van der Waals surface area contributed by atoms with Gasteiger partial charge in [-0.1, -0.05) is 11.6 Å². The number of nitrogens with one attached hydrogen (secondary N) is 1. The van der Waals surface area contributed by atoms with Crippen LogP contribution in [-0.4, -0.2) is 27.5 Å². The molecule has 0 heterocycles. The van der Waals surface area contributed by atoms with Crippen LogP contribution in [0.25, 0.3) is 0 Å². The summed E-state index contributed by atoms with van der Waals surface area (Å²) in [4.78, 5) is 10.7. The number of primary amides is 1. The highest BCUT2D eigenvalue weighted by Crippen LogP contribution is 2.35. The predicted octanol–water partition coefficient (Wildman–Crippen LogP) is 1.26. The molecular weight excluding hydrogens is 360 g/mol. The van der Waals surface area contributed by atoms with Gasteiger partial charge in [0, 0.05) is 5.02 Å². The fraction of sp³-hybridized carbons (Fsp3) is 0.300. The molecule has 19 heavy (non-hydrogen) atoms. The smallest absolute Gasteiger partial charge is 0.245 e. The average molecular weight is 372 g/mol. The van der Waals surface area contributed by atoms with Gasteiger partial charge in [-0.3, -0.25) is 4.79 Å². The highest BCUT2D eigenvalue weighted by atomic mass is 79.9. The molecule has 0 saturated heterocycles. The minimum absolute atomic E-state index is 0.0913. The van der Waals surface area contributed by atoms with Crippen molar-refractivity contribution in [1.82, 2.24) is 4.72 Å². The Morgan fingerprint density at radius 2 is 2.11 bits per heavy atom. The molecular formula is C10H12BrClN2O4S. The number of sulfonamides is 1. The number of hydrogen-bond acceptors (Lipinski definition) is 4. The maximum absolute atomic E-state index is 12.2. The maximum Gasteiger partial charge on any atom is 0.245 e. The van der Waals surface area contributed by atoms with E-state index in [4.69, 9.17) is 22.1 Å². The van der Waals surface area contributed by atoms with Crippen LogP contribution in [0.2, 0.25) is 5.02 Å². The van der Waals surface area contributed by atoms with E-state index in [0.717, 1.165) is 0 Å². The molecule has 9 heteroatoms. The highest BCUT2D eigenvalue weighted by Gasteiger charge is 2.25. The molecule has 0 aliphatic heterocycles. The lowest BCUT2D eigenvalue weighted by molar-refractivity contribution is -0.119. The number of nitrogens with two attached hydrogens (primary N) is 1. The average Bonchev–Trinajstić information content (AvgIpc) is 2.27. The molecule has 0 spiro atoms. The molecule has 3 N–H and O–H groups in total. The van der Waals surface area contributed by atoms with Crippen LogP contribution in [0.3, 0.4) is 0 Å². The van der Waals surface area contributed by atoms with Gasteiger partial charge in [-0.15, -0.1) is 0 Å². The topological polar surface area (TPSA) is 98.5 Å². The number of benzene rings is 1. The first-order chi connectivity index (χ1) is 8.69. The molecule has 1 amide bonds. The van der Waals surface area contributed by atoms with Crippen LogP contribution in [0.5, 0.6) is 5.75 Å². The number of amides is 1. The van der Waals surface area contributed by atoms with Crippen LogP contribution in [0.1, 0.15) is 6.92 Å². The van der Waals surface area contributed by atoms with Gasteiger partial charge in [0.1, 0.15) is 4.90 Å². The fourth-order valence-corrected chi connectivity index (χ4v) is 3.88. The van der Waals surface area contributed by atoms with Crippen LogP contribution in [0.15, 0.2) is 21.5 Å². The first kappa shape index (κ1) is 16.2. The molecule has 0 aromatic heterocycles. The number of halogens is 2. The maximum atomic E-state index is 12.2. The SMILES string of the molecule is COc1c(Br)cc(Cl)cc1S(=O)(=O)NC(C)C(N)=O. The van der Waals surface area contributed by atoms with E-state index in [1.807, 2.05) is 0 Å². The van der Waals surface area contributed by atoms with Crippen molar-refractivity contribution >= 4 is 43.5 Å². The normalized spacial score (nSPS) is 13.1. The van der Waals surface area contributed by atoms with Gasteiger partial charge in [-0.25, -0.2) is 8.42 Å². The lowest BCUT2D eigenvalue weighted by Gasteiger charge is -2.15. The standard InChI is InChI=1S/C10H12BrClN2O4S/c1-5(10(13)15)14-19(16,17)8-4-6(12)3-7(11)9(8)18-2/h3-5,14H,1-2H3,(H2,13,15). The van der Waals surface area contributed by atoms with Crippen molar-refractivity contribution in [1.29, 1.82) is 0 Å². The second-order valence-electron chi connectivity index (χ2n) is 3.66. The summed E-state index contributed by atoms with van der Waals surface area (Å²) in [6.07, 6.45) is 0. The van der Waals surface area contributed by atoms with Crippen LogP contribution in [0.4, 0.5) is 0 Å². The number of carbonyl (C=O) groups excluding carboxylic acids is 1. The summed E-state index contributed by atoms with van der Waals surface area (Å²) in [7, 11) is -2.66. The zero-order chi connectivity index (χ0) is 14.8. The van der Waals surface area contributed by atoms with E-state index >= 15 is 0 Å². The Balaban J connectivity index is 3.32. The summed E-state index contributed by atoms with van der Waals surface area (Å²) in [5.41, 5.74) is 5.02. The third kappa shape index (κ3) is 3.82. The minimum Gasteiger partial charge on any atom is -0.494 e. The quantitative estimate of drug-likeness (QED) is 0.814. The summed E-state index contributed by atoms with van der Waals surface area (Å²) >= 11 is 8.97. The molecule has 0 radical (unpaired) electrons. The van der Waals surface area contributed by atoms with Crippen molar-refractivity contribution in [2.45, 2.75) is 17.9 Å². The van der Waals surface area contributed by atoms with E-state index in [-0.39, 0.29) is 15.7 Å². The van der Waals surface area contributed by atoms with Gasteiger partial charge in [0.2, 0.25) is 15.9 Å². The molecule has 0 aliphatic rings. The van der Waals surface area contributed by atoms with Crippen LogP contribution in [-0.2, 0) is 14.8 Å². The molecule has 0 fully saturated rings. The molecule has 0 bridgehead atoms. The predicted molar refractivity (Wildman–Crippen MR) is 74.7 cm³/mol. The molecule has 1 aromatic rings. The first-order valence-corrected chi connectivity index (χ1v) is 7.69. The highest BCUT2D eigenvalue weighted by molar-refractivity contribution is 9.10. The van der Waals surface area contributed by atoms with E-state index in [2.05, 4.69) is 20.7 Å². The molecule has 1 atom stereocenters. The molecule has 0 aliphatic carbocycles. The van der Waals surface area contributed by atoms with Crippen LogP contribution >= 0.6 is 27.5 Å². The number of carbonyl (C=O) groups is 1. The van der Waals surface area contributed by atoms with Crippen molar-refractivity contribution < 1.29 is 17.9 Å². The van der Waals surface area contributed by atoms with Gasteiger partial charge < -0.3 is 10.5 Å².